The van der Waals surface area contributed by atoms with Crippen molar-refractivity contribution in [2.75, 3.05) is 18.5 Å². The molecule has 1 aliphatic heterocycles. The van der Waals surface area contributed by atoms with E-state index in [0.29, 0.717) is 6.04 Å². The van der Waals surface area contributed by atoms with E-state index in [2.05, 4.69) is 36.5 Å². The Bertz CT molecular complexity index is 305. The Balaban J connectivity index is 1.96. The minimum atomic E-state index is 0.492. The molecule has 82 valence electrons. The smallest absolute Gasteiger partial charge is 0.0667 e. The van der Waals surface area contributed by atoms with Crippen LogP contribution in [-0.4, -0.2) is 19.3 Å². The molecule has 0 radical (unpaired) electrons. The van der Waals surface area contributed by atoms with Crippen molar-refractivity contribution in [2.45, 2.75) is 32.2 Å². The van der Waals surface area contributed by atoms with Crippen LogP contribution in [0.3, 0.4) is 0 Å². The molecule has 2 heteroatoms. The van der Waals surface area contributed by atoms with Gasteiger partial charge in [-0.1, -0.05) is 19.1 Å². The highest BCUT2D eigenvalue weighted by molar-refractivity contribution is 5.46. The minimum Gasteiger partial charge on any atom is -0.380 e. The fraction of sp³-hybridized carbons (Fsp3) is 0.538. The van der Waals surface area contributed by atoms with Gasteiger partial charge >= 0.3 is 0 Å². The average Bonchev–Trinajstić information content (AvgIpc) is 2.31. The lowest BCUT2D eigenvalue weighted by atomic mass is 10.1. The van der Waals surface area contributed by atoms with E-state index in [-0.39, 0.29) is 0 Å². The molecule has 2 nitrogen and oxygen atoms in total. The Labute approximate surface area is 91.6 Å². The second kappa shape index (κ2) is 5.17. The summed E-state index contributed by atoms with van der Waals surface area (Å²) in [4.78, 5) is 0. The van der Waals surface area contributed by atoms with E-state index in [1.807, 2.05) is 0 Å². The zero-order valence-electron chi connectivity index (χ0n) is 9.33. The van der Waals surface area contributed by atoms with Crippen LogP contribution in [-0.2, 0) is 11.2 Å². The second-order valence-corrected chi connectivity index (χ2v) is 4.11. The Morgan fingerprint density at radius 3 is 3.13 bits per heavy atom. The Kier molecular flexibility index (Phi) is 3.62. The van der Waals surface area contributed by atoms with Crippen LogP contribution in [0.5, 0.6) is 0 Å². The van der Waals surface area contributed by atoms with Gasteiger partial charge in [0.25, 0.3) is 0 Å². The minimum absolute atomic E-state index is 0.492. The van der Waals surface area contributed by atoms with Crippen molar-refractivity contribution < 1.29 is 4.74 Å². The van der Waals surface area contributed by atoms with Crippen LogP contribution in [0.2, 0.25) is 0 Å². The van der Waals surface area contributed by atoms with Crippen LogP contribution >= 0.6 is 0 Å². The third-order valence-electron chi connectivity index (χ3n) is 2.87. The summed E-state index contributed by atoms with van der Waals surface area (Å²) in [5, 5.41) is 3.53. The van der Waals surface area contributed by atoms with Gasteiger partial charge in [0, 0.05) is 18.3 Å². The van der Waals surface area contributed by atoms with Gasteiger partial charge in [0.1, 0.15) is 0 Å². The average molecular weight is 205 g/mol. The van der Waals surface area contributed by atoms with E-state index in [0.717, 1.165) is 19.6 Å². The molecule has 1 heterocycles. The fourth-order valence-corrected chi connectivity index (χ4v) is 1.97. The maximum Gasteiger partial charge on any atom is 0.0667 e. The van der Waals surface area contributed by atoms with Crippen molar-refractivity contribution >= 4 is 5.69 Å². The highest BCUT2D eigenvalue weighted by Gasteiger charge is 2.12. The maximum absolute atomic E-state index is 5.45. The zero-order valence-corrected chi connectivity index (χ0v) is 9.33. The standard InChI is InChI=1S/C13H19NO/c1-2-11-5-3-6-12(9-11)14-13-7-4-8-15-10-13/h3,5-6,9,13-14H,2,4,7-8,10H2,1H3. The number of ether oxygens (including phenoxy) is 1. The van der Waals surface area contributed by atoms with Crippen molar-refractivity contribution in [1.82, 2.24) is 0 Å². The van der Waals surface area contributed by atoms with Gasteiger partial charge < -0.3 is 10.1 Å². The normalized spacial score (nSPS) is 21.3. The third-order valence-corrected chi connectivity index (χ3v) is 2.87. The van der Waals surface area contributed by atoms with Crippen LogP contribution < -0.4 is 5.32 Å². The highest BCUT2D eigenvalue weighted by Crippen LogP contribution is 2.16. The van der Waals surface area contributed by atoms with Crippen LogP contribution in [0, 0.1) is 0 Å². The van der Waals surface area contributed by atoms with E-state index in [9.17, 15) is 0 Å². The van der Waals surface area contributed by atoms with Crippen molar-refractivity contribution in [3.8, 4) is 0 Å². The van der Waals surface area contributed by atoms with Crippen LogP contribution in [0.25, 0.3) is 0 Å². The predicted molar refractivity (Wildman–Crippen MR) is 63.3 cm³/mol. The topological polar surface area (TPSA) is 21.3 Å². The molecule has 1 aliphatic rings. The monoisotopic (exact) mass is 205 g/mol. The van der Waals surface area contributed by atoms with E-state index < -0.39 is 0 Å². The molecule has 1 aromatic carbocycles. The van der Waals surface area contributed by atoms with E-state index in [4.69, 9.17) is 4.74 Å². The molecule has 1 saturated heterocycles. The number of anilines is 1. The molecule has 0 spiro atoms. The van der Waals surface area contributed by atoms with Crippen LogP contribution in [0.15, 0.2) is 24.3 Å². The van der Waals surface area contributed by atoms with Gasteiger partial charge in [0.05, 0.1) is 6.61 Å². The zero-order chi connectivity index (χ0) is 10.5. The summed E-state index contributed by atoms with van der Waals surface area (Å²) in [5.74, 6) is 0. The molecule has 0 aromatic heterocycles. The first kappa shape index (κ1) is 10.5. The lowest BCUT2D eigenvalue weighted by Crippen LogP contribution is -2.29. The van der Waals surface area contributed by atoms with Crippen molar-refractivity contribution in [1.29, 1.82) is 0 Å². The summed E-state index contributed by atoms with van der Waals surface area (Å²) in [6, 6.07) is 9.14. The molecular formula is C13H19NO. The molecule has 15 heavy (non-hydrogen) atoms. The van der Waals surface area contributed by atoms with Gasteiger partial charge in [-0.05, 0) is 37.0 Å². The SMILES string of the molecule is CCc1cccc(NC2CCCOC2)c1. The van der Waals surface area contributed by atoms with Gasteiger partial charge in [0.15, 0.2) is 0 Å². The maximum atomic E-state index is 5.45. The van der Waals surface area contributed by atoms with Crippen molar-refractivity contribution in [3.05, 3.63) is 29.8 Å². The molecule has 1 N–H and O–H groups in total. The summed E-state index contributed by atoms with van der Waals surface area (Å²) >= 11 is 0. The largest absolute Gasteiger partial charge is 0.380 e. The Morgan fingerprint density at radius 1 is 1.47 bits per heavy atom. The van der Waals surface area contributed by atoms with Gasteiger partial charge in [0.2, 0.25) is 0 Å². The second-order valence-electron chi connectivity index (χ2n) is 4.11. The molecule has 1 unspecified atom stereocenters. The van der Waals surface area contributed by atoms with Gasteiger partial charge in [-0.2, -0.15) is 0 Å². The fourth-order valence-electron chi connectivity index (χ4n) is 1.97. The quantitative estimate of drug-likeness (QED) is 0.819. The van der Waals surface area contributed by atoms with Crippen LogP contribution in [0.4, 0.5) is 5.69 Å². The highest BCUT2D eigenvalue weighted by atomic mass is 16.5. The van der Waals surface area contributed by atoms with E-state index in [1.165, 1.54) is 24.1 Å². The molecule has 0 saturated carbocycles. The Hall–Kier alpha value is -1.02. The number of benzene rings is 1. The number of nitrogens with one attached hydrogen (secondary N) is 1. The van der Waals surface area contributed by atoms with Crippen molar-refractivity contribution in [3.63, 3.8) is 0 Å². The van der Waals surface area contributed by atoms with Gasteiger partial charge in [-0.25, -0.2) is 0 Å². The number of aryl methyl sites for hydroxylation is 1. The molecule has 1 atom stereocenters. The molecule has 2 rings (SSSR count). The third kappa shape index (κ3) is 2.96. The Morgan fingerprint density at radius 2 is 2.40 bits per heavy atom. The summed E-state index contributed by atoms with van der Waals surface area (Å²) in [7, 11) is 0. The summed E-state index contributed by atoms with van der Waals surface area (Å²) in [6.07, 6.45) is 3.48. The molecule has 0 aliphatic carbocycles. The molecule has 1 aromatic rings. The molecular weight excluding hydrogens is 186 g/mol. The molecule has 0 bridgehead atoms. The summed E-state index contributed by atoms with van der Waals surface area (Å²) in [6.45, 7) is 3.95. The lowest BCUT2D eigenvalue weighted by Gasteiger charge is -2.24. The first-order valence-corrected chi connectivity index (χ1v) is 5.81. The summed E-state index contributed by atoms with van der Waals surface area (Å²) < 4.78 is 5.45. The number of hydrogen-bond donors (Lipinski definition) is 1. The van der Waals surface area contributed by atoms with E-state index >= 15 is 0 Å². The van der Waals surface area contributed by atoms with Gasteiger partial charge in [-0.15, -0.1) is 0 Å². The first-order chi connectivity index (χ1) is 7.38. The van der Waals surface area contributed by atoms with Crippen molar-refractivity contribution in [2.24, 2.45) is 0 Å². The number of hydrogen-bond acceptors (Lipinski definition) is 2. The van der Waals surface area contributed by atoms with E-state index in [1.54, 1.807) is 0 Å². The van der Waals surface area contributed by atoms with Crippen LogP contribution in [0.1, 0.15) is 25.3 Å². The molecule has 0 amide bonds. The first-order valence-electron chi connectivity index (χ1n) is 5.81. The summed E-state index contributed by atoms with van der Waals surface area (Å²) in [5.41, 5.74) is 2.61. The van der Waals surface area contributed by atoms with Gasteiger partial charge in [-0.3, -0.25) is 0 Å². The molecule has 1 fully saturated rings. The lowest BCUT2D eigenvalue weighted by molar-refractivity contribution is 0.0876. The number of rotatable bonds is 3. The predicted octanol–water partition coefficient (Wildman–Crippen LogP) is 2.84.